The Balaban J connectivity index is 2.81. The largest absolute Gasteiger partial charge is 0.478 e. The Morgan fingerprint density at radius 2 is 2.31 bits per heavy atom. The molecule has 0 unspecified atom stereocenters. The van der Waals surface area contributed by atoms with Gasteiger partial charge in [0.2, 0.25) is 0 Å². The zero-order valence-corrected chi connectivity index (χ0v) is 9.91. The molecule has 0 atom stereocenters. The average molecular weight is 281 g/mol. The molecule has 0 aliphatic heterocycles. The third-order valence-electron chi connectivity index (χ3n) is 1.90. The second-order valence-corrected chi connectivity index (χ2v) is 3.98. The third-order valence-corrected chi connectivity index (χ3v) is 2.39. The van der Waals surface area contributed by atoms with Crippen LogP contribution in [0.15, 0.2) is 34.8 Å². The van der Waals surface area contributed by atoms with Crippen molar-refractivity contribution in [2.75, 3.05) is 11.9 Å². The van der Waals surface area contributed by atoms with Gasteiger partial charge < -0.3 is 10.4 Å². The smallest absolute Gasteiger partial charge is 0.332 e. The molecule has 5 heteroatoms. The average Bonchev–Trinajstić information content (AvgIpc) is 2.25. The van der Waals surface area contributed by atoms with E-state index < -0.39 is 5.97 Å². The van der Waals surface area contributed by atoms with Crippen molar-refractivity contribution in [2.24, 2.45) is 0 Å². The molecule has 0 aliphatic rings. The Labute approximate surface area is 101 Å². The summed E-state index contributed by atoms with van der Waals surface area (Å²) in [7, 11) is 0. The van der Waals surface area contributed by atoms with Crippen LogP contribution in [0.25, 0.3) is 0 Å². The molecule has 0 heterocycles. The lowest BCUT2D eigenvalue weighted by atomic mass is 10.2. The van der Waals surface area contributed by atoms with Crippen LogP contribution in [-0.4, -0.2) is 17.6 Å². The van der Waals surface area contributed by atoms with Crippen LogP contribution in [0, 0.1) is 11.3 Å². The highest BCUT2D eigenvalue weighted by Crippen LogP contribution is 2.20. The molecule has 0 radical (unpaired) electrons. The van der Waals surface area contributed by atoms with Crippen molar-refractivity contribution in [3.8, 4) is 6.07 Å². The number of anilines is 1. The van der Waals surface area contributed by atoms with E-state index in [-0.39, 0.29) is 12.1 Å². The minimum absolute atomic E-state index is 0.0452. The normalized spacial score (nSPS) is 9.25. The summed E-state index contributed by atoms with van der Waals surface area (Å²) in [6.45, 7) is 3.49. The fraction of sp³-hybridized carbons (Fsp3) is 0.0909. The summed E-state index contributed by atoms with van der Waals surface area (Å²) in [5.41, 5.74) is 1.09. The van der Waals surface area contributed by atoms with Crippen LogP contribution in [0.3, 0.4) is 0 Å². The highest BCUT2D eigenvalue weighted by Gasteiger charge is 2.06. The van der Waals surface area contributed by atoms with Gasteiger partial charge in [-0.2, -0.15) is 5.26 Å². The SMILES string of the molecule is C=C(CNc1cc(Br)ccc1C#N)C(=O)O. The number of aliphatic carboxylic acids is 1. The second-order valence-electron chi connectivity index (χ2n) is 3.06. The van der Waals surface area contributed by atoms with E-state index in [1.807, 2.05) is 6.07 Å². The first-order valence-electron chi connectivity index (χ1n) is 4.39. The van der Waals surface area contributed by atoms with E-state index in [1.54, 1.807) is 18.2 Å². The van der Waals surface area contributed by atoms with Gasteiger partial charge in [0.25, 0.3) is 0 Å². The molecule has 4 nitrogen and oxygen atoms in total. The van der Waals surface area contributed by atoms with Gasteiger partial charge in [-0.3, -0.25) is 0 Å². The molecule has 2 N–H and O–H groups in total. The van der Waals surface area contributed by atoms with Crippen molar-refractivity contribution in [3.05, 3.63) is 40.4 Å². The highest BCUT2D eigenvalue weighted by atomic mass is 79.9. The van der Waals surface area contributed by atoms with Gasteiger partial charge >= 0.3 is 5.97 Å². The topological polar surface area (TPSA) is 73.1 Å². The summed E-state index contributed by atoms with van der Waals surface area (Å²) in [4.78, 5) is 10.5. The number of hydrogen-bond donors (Lipinski definition) is 2. The minimum atomic E-state index is -1.05. The fourth-order valence-electron chi connectivity index (χ4n) is 1.04. The van der Waals surface area contributed by atoms with E-state index in [4.69, 9.17) is 10.4 Å². The van der Waals surface area contributed by atoms with Crippen molar-refractivity contribution >= 4 is 27.6 Å². The van der Waals surface area contributed by atoms with E-state index in [1.165, 1.54) is 0 Å². The lowest BCUT2D eigenvalue weighted by Crippen LogP contribution is -2.11. The molecule has 82 valence electrons. The third kappa shape index (κ3) is 3.11. The molecule has 1 rings (SSSR count). The van der Waals surface area contributed by atoms with Gasteiger partial charge in [0, 0.05) is 16.6 Å². The first kappa shape index (κ1) is 12.3. The predicted octanol–water partition coefficient (Wildman–Crippen LogP) is 2.37. The summed E-state index contributed by atoms with van der Waals surface area (Å²) in [6.07, 6.45) is 0. The van der Waals surface area contributed by atoms with Crippen LogP contribution in [0.1, 0.15) is 5.56 Å². The Morgan fingerprint density at radius 1 is 1.62 bits per heavy atom. The molecule has 0 fully saturated rings. The van der Waals surface area contributed by atoms with Gasteiger partial charge in [-0.1, -0.05) is 22.5 Å². The molecule has 0 spiro atoms. The number of rotatable bonds is 4. The van der Waals surface area contributed by atoms with Gasteiger partial charge in [-0.05, 0) is 18.2 Å². The molecule has 1 aromatic rings. The number of nitriles is 1. The van der Waals surface area contributed by atoms with Crippen LogP contribution in [0.2, 0.25) is 0 Å². The van der Waals surface area contributed by atoms with Crippen LogP contribution in [0.5, 0.6) is 0 Å². The number of hydrogen-bond acceptors (Lipinski definition) is 3. The fourth-order valence-corrected chi connectivity index (χ4v) is 1.40. The molecule has 0 saturated carbocycles. The number of nitrogens with zero attached hydrogens (tertiary/aromatic N) is 1. The Kier molecular flexibility index (Phi) is 4.09. The lowest BCUT2D eigenvalue weighted by Gasteiger charge is -2.08. The first-order valence-corrected chi connectivity index (χ1v) is 5.18. The molecule has 16 heavy (non-hydrogen) atoms. The summed E-state index contributed by atoms with van der Waals surface area (Å²) < 4.78 is 0.815. The van der Waals surface area contributed by atoms with Gasteiger partial charge in [0.15, 0.2) is 0 Å². The van der Waals surface area contributed by atoms with E-state index in [0.29, 0.717) is 11.3 Å². The predicted molar refractivity (Wildman–Crippen MR) is 64.1 cm³/mol. The maximum atomic E-state index is 10.5. The van der Waals surface area contributed by atoms with Crippen molar-refractivity contribution in [1.82, 2.24) is 0 Å². The summed E-state index contributed by atoms with van der Waals surface area (Å²) in [5.74, 6) is -1.05. The van der Waals surface area contributed by atoms with Crippen molar-refractivity contribution in [3.63, 3.8) is 0 Å². The Hall–Kier alpha value is -1.80. The summed E-state index contributed by atoms with van der Waals surface area (Å²) >= 11 is 3.27. The van der Waals surface area contributed by atoms with Crippen LogP contribution < -0.4 is 5.32 Å². The lowest BCUT2D eigenvalue weighted by molar-refractivity contribution is -0.132. The monoisotopic (exact) mass is 280 g/mol. The van der Waals surface area contributed by atoms with Gasteiger partial charge in [-0.15, -0.1) is 0 Å². The summed E-state index contributed by atoms with van der Waals surface area (Å²) in [5, 5.41) is 20.3. The van der Waals surface area contributed by atoms with E-state index in [2.05, 4.69) is 27.8 Å². The molecule has 0 saturated heterocycles. The molecule has 0 aromatic heterocycles. The number of benzene rings is 1. The molecular formula is C11H9BrN2O2. The van der Waals surface area contributed by atoms with Crippen molar-refractivity contribution in [2.45, 2.75) is 0 Å². The number of carboxylic acids is 1. The number of carbonyl (C=O) groups is 1. The minimum Gasteiger partial charge on any atom is -0.478 e. The number of halogens is 1. The van der Waals surface area contributed by atoms with E-state index in [9.17, 15) is 4.79 Å². The zero-order chi connectivity index (χ0) is 12.1. The molecular weight excluding hydrogens is 272 g/mol. The molecule has 1 aromatic carbocycles. The van der Waals surface area contributed by atoms with Crippen LogP contribution in [0.4, 0.5) is 5.69 Å². The van der Waals surface area contributed by atoms with E-state index in [0.717, 1.165) is 4.47 Å². The van der Waals surface area contributed by atoms with E-state index >= 15 is 0 Å². The van der Waals surface area contributed by atoms with Crippen molar-refractivity contribution < 1.29 is 9.90 Å². The standard InChI is InChI=1S/C11H9BrN2O2/c1-7(11(15)16)6-14-10-4-9(12)3-2-8(10)5-13/h2-4,14H,1,6H2,(H,15,16). The quantitative estimate of drug-likeness (QED) is 0.831. The maximum absolute atomic E-state index is 10.5. The highest BCUT2D eigenvalue weighted by molar-refractivity contribution is 9.10. The van der Waals surface area contributed by atoms with Gasteiger partial charge in [0.05, 0.1) is 11.3 Å². The zero-order valence-electron chi connectivity index (χ0n) is 8.33. The molecule has 0 bridgehead atoms. The number of nitrogens with one attached hydrogen (secondary N) is 1. The Bertz CT molecular complexity index is 477. The van der Waals surface area contributed by atoms with Crippen molar-refractivity contribution in [1.29, 1.82) is 5.26 Å². The molecule has 0 amide bonds. The first-order chi connectivity index (χ1) is 7.54. The second kappa shape index (κ2) is 5.33. The summed E-state index contributed by atoms with van der Waals surface area (Å²) in [6, 6.07) is 7.13. The van der Waals surface area contributed by atoms with Gasteiger partial charge in [0.1, 0.15) is 6.07 Å². The number of carboxylic acid groups (broad SMARTS) is 1. The molecule has 0 aliphatic carbocycles. The Morgan fingerprint density at radius 3 is 2.88 bits per heavy atom. The maximum Gasteiger partial charge on any atom is 0.332 e. The van der Waals surface area contributed by atoms with Crippen LogP contribution in [-0.2, 0) is 4.79 Å². The van der Waals surface area contributed by atoms with Crippen LogP contribution >= 0.6 is 15.9 Å². The van der Waals surface area contributed by atoms with Gasteiger partial charge in [-0.25, -0.2) is 4.79 Å².